The van der Waals surface area contributed by atoms with Crippen LogP contribution in [-0.2, 0) is 10.0 Å². The average molecular weight is 444 g/mol. The van der Waals surface area contributed by atoms with Crippen molar-refractivity contribution in [3.8, 4) is 6.07 Å². The molecule has 1 atom stereocenters. The van der Waals surface area contributed by atoms with Crippen molar-refractivity contribution in [1.82, 2.24) is 14.2 Å². The van der Waals surface area contributed by atoms with E-state index in [0.717, 1.165) is 11.6 Å². The molecular formula is C17H22ClN5O3S2. The number of thioether (sulfide) groups is 1. The topological polar surface area (TPSA) is 97.1 Å². The lowest BCUT2D eigenvalue weighted by molar-refractivity contribution is 0.125. The molecule has 0 aromatic heterocycles. The molecule has 0 radical (unpaired) electrons. The minimum absolute atomic E-state index is 0.0926. The van der Waals surface area contributed by atoms with Crippen LogP contribution in [0.1, 0.15) is 12.8 Å². The van der Waals surface area contributed by atoms with E-state index in [4.69, 9.17) is 16.9 Å². The maximum absolute atomic E-state index is 12.8. The zero-order valence-corrected chi connectivity index (χ0v) is 17.7. The van der Waals surface area contributed by atoms with Gasteiger partial charge in [-0.25, -0.2) is 8.42 Å². The van der Waals surface area contributed by atoms with Gasteiger partial charge >= 0.3 is 0 Å². The minimum Gasteiger partial charge on any atom is -0.276 e. The molecule has 1 aromatic carbocycles. The summed E-state index contributed by atoms with van der Waals surface area (Å²) in [5.41, 5.74) is 0. The first-order chi connectivity index (χ1) is 13.5. The predicted octanol–water partition coefficient (Wildman–Crippen LogP) is 2.37. The fourth-order valence-corrected chi connectivity index (χ4v) is 6.23. The Labute approximate surface area is 174 Å². The Hall–Kier alpha value is -1.38. The SMILES string of the molecule is N#CC1CSCN1CCN(N=O)C1CCN(S(=O)(=O)c2ccc(Cl)cc2)CC1. The highest BCUT2D eigenvalue weighted by Crippen LogP contribution is 2.25. The van der Waals surface area contributed by atoms with E-state index in [9.17, 15) is 13.3 Å². The summed E-state index contributed by atoms with van der Waals surface area (Å²) in [4.78, 5) is 13.6. The van der Waals surface area contributed by atoms with E-state index in [-0.39, 0.29) is 17.0 Å². The van der Waals surface area contributed by atoms with E-state index in [2.05, 4.69) is 11.4 Å². The van der Waals surface area contributed by atoms with Crippen LogP contribution in [0.5, 0.6) is 0 Å². The molecule has 28 heavy (non-hydrogen) atoms. The second kappa shape index (κ2) is 9.41. The number of hydrogen-bond donors (Lipinski definition) is 0. The Morgan fingerprint density at radius 2 is 1.96 bits per heavy atom. The van der Waals surface area contributed by atoms with Crippen LogP contribution in [0, 0.1) is 16.2 Å². The van der Waals surface area contributed by atoms with Gasteiger partial charge in [0.15, 0.2) is 0 Å². The molecular weight excluding hydrogens is 422 g/mol. The molecule has 3 rings (SSSR count). The van der Waals surface area contributed by atoms with Crippen molar-refractivity contribution in [2.24, 2.45) is 5.29 Å². The number of sulfonamides is 1. The van der Waals surface area contributed by atoms with Gasteiger partial charge in [0.05, 0.1) is 28.8 Å². The molecule has 8 nitrogen and oxygen atoms in total. The second-order valence-corrected chi connectivity index (χ2v) is 10.2. The minimum atomic E-state index is -3.57. The second-order valence-electron chi connectivity index (χ2n) is 6.79. The van der Waals surface area contributed by atoms with Gasteiger partial charge in [-0.3, -0.25) is 9.91 Å². The van der Waals surface area contributed by atoms with E-state index in [0.29, 0.717) is 44.0 Å². The Kier molecular flexibility index (Phi) is 7.17. The van der Waals surface area contributed by atoms with Crippen LogP contribution in [0.25, 0.3) is 0 Å². The van der Waals surface area contributed by atoms with Gasteiger partial charge < -0.3 is 0 Å². The van der Waals surface area contributed by atoms with E-state index >= 15 is 0 Å². The lowest BCUT2D eigenvalue weighted by Crippen LogP contribution is -2.47. The third kappa shape index (κ3) is 4.78. The van der Waals surface area contributed by atoms with Crippen LogP contribution in [0.3, 0.4) is 0 Å². The smallest absolute Gasteiger partial charge is 0.243 e. The van der Waals surface area contributed by atoms with Crippen molar-refractivity contribution >= 4 is 33.4 Å². The monoisotopic (exact) mass is 443 g/mol. The molecule has 0 N–H and O–H groups in total. The Morgan fingerprint density at radius 3 is 2.57 bits per heavy atom. The highest BCUT2D eigenvalue weighted by atomic mass is 35.5. The summed E-state index contributed by atoms with van der Waals surface area (Å²) in [6.07, 6.45) is 1.07. The third-order valence-electron chi connectivity index (χ3n) is 5.14. The lowest BCUT2D eigenvalue weighted by Gasteiger charge is -2.35. The van der Waals surface area contributed by atoms with Crippen molar-refractivity contribution in [3.63, 3.8) is 0 Å². The molecule has 2 fully saturated rings. The summed E-state index contributed by atoms with van der Waals surface area (Å²) < 4.78 is 27.0. The number of piperidine rings is 1. The molecule has 2 aliphatic heterocycles. The van der Waals surface area contributed by atoms with Gasteiger partial charge in [0, 0.05) is 36.3 Å². The van der Waals surface area contributed by atoms with Gasteiger partial charge in [0.25, 0.3) is 0 Å². The number of halogens is 1. The van der Waals surface area contributed by atoms with Crippen molar-refractivity contribution in [1.29, 1.82) is 5.26 Å². The summed E-state index contributed by atoms with van der Waals surface area (Å²) in [5.74, 6) is 1.56. The fourth-order valence-electron chi connectivity index (χ4n) is 3.47. The molecule has 1 unspecified atom stereocenters. The van der Waals surface area contributed by atoms with Crippen LogP contribution in [-0.4, -0.2) is 72.5 Å². The highest BCUT2D eigenvalue weighted by Gasteiger charge is 2.32. The highest BCUT2D eigenvalue weighted by molar-refractivity contribution is 7.99. The zero-order valence-electron chi connectivity index (χ0n) is 15.3. The molecule has 152 valence electrons. The quantitative estimate of drug-likeness (QED) is 0.471. The van der Waals surface area contributed by atoms with Crippen molar-refractivity contribution in [3.05, 3.63) is 34.2 Å². The average Bonchev–Trinajstić information content (AvgIpc) is 3.17. The van der Waals surface area contributed by atoms with Gasteiger partial charge in [-0.1, -0.05) is 11.6 Å². The van der Waals surface area contributed by atoms with E-state index in [1.165, 1.54) is 21.4 Å². The standard InChI is InChI=1S/C17H22ClN5O3S2/c18-14-1-3-17(4-2-14)28(25,26)22-7-5-15(6-8-22)23(20-24)10-9-21-13-27-12-16(21)11-19/h1-4,15-16H,5-10,12-13H2. The maximum atomic E-state index is 12.8. The predicted molar refractivity (Wildman–Crippen MR) is 109 cm³/mol. The normalized spacial score (nSPS) is 22.1. The van der Waals surface area contributed by atoms with Crippen LogP contribution in [0.4, 0.5) is 0 Å². The summed E-state index contributed by atoms with van der Waals surface area (Å²) in [6, 6.07) is 8.18. The lowest BCUT2D eigenvalue weighted by atomic mass is 10.1. The van der Waals surface area contributed by atoms with Crippen molar-refractivity contribution in [2.45, 2.75) is 29.8 Å². The number of hydrogen-bond acceptors (Lipinski definition) is 7. The molecule has 1 aromatic rings. The summed E-state index contributed by atoms with van der Waals surface area (Å²) in [7, 11) is -3.57. The number of nitroso groups, excluding NO2 is 1. The molecule has 0 saturated carbocycles. The van der Waals surface area contributed by atoms with Crippen molar-refractivity contribution < 1.29 is 8.42 Å². The van der Waals surface area contributed by atoms with Gasteiger partial charge in [-0.15, -0.1) is 16.7 Å². The third-order valence-corrected chi connectivity index (χ3v) is 8.37. The van der Waals surface area contributed by atoms with Crippen molar-refractivity contribution in [2.75, 3.05) is 37.8 Å². The number of rotatable bonds is 7. The maximum Gasteiger partial charge on any atom is 0.243 e. The van der Waals surface area contributed by atoms with E-state index in [1.807, 2.05) is 4.90 Å². The molecule has 11 heteroatoms. The molecule has 2 heterocycles. The first-order valence-corrected chi connectivity index (χ1v) is 12.0. The van der Waals surface area contributed by atoms with Crippen LogP contribution < -0.4 is 0 Å². The van der Waals surface area contributed by atoms with Gasteiger partial charge in [0.1, 0.15) is 6.04 Å². The summed E-state index contributed by atoms with van der Waals surface area (Å²) in [6.45, 7) is 1.71. The van der Waals surface area contributed by atoms with Gasteiger partial charge in [0.2, 0.25) is 10.0 Å². The molecule has 0 amide bonds. The molecule has 0 spiro atoms. The Morgan fingerprint density at radius 1 is 1.29 bits per heavy atom. The summed E-state index contributed by atoms with van der Waals surface area (Å²) in [5, 5.41) is 14.3. The number of nitriles is 1. The fraction of sp³-hybridized carbons (Fsp3) is 0.588. The van der Waals surface area contributed by atoms with Crippen LogP contribution in [0.15, 0.2) is 34.4 Å². The molecule has 0 aliphatic carbocycles. The van der Waals surface area contributed by atoms with Crippen LogP contribution >= 0.6 is 23.4 Å². The van der Waals surface area contributed by atoms with Gasteiger partial charge in [-0.2, -0.15) is 9.57 Å². The van der Waals surface area contributed by atoms with E-state index < -0.39 is 10.0 Å². The Bertz CT molecular complexity index is 822. The molecule has 2 saturated heterocycles. The largest absolute Gasteiger partial charge is 0.276 e. The first-order valence-electron chi connectivity index (χ1n) is 9.02. The Balaban J connectivity index is 1.55. The molecule has 2 aliphatic rings. The zero-order chi connectivity index (χ0) is 20.1. The van der Waals surface area contributed by atoms with Gasteiger partial charge in [-0.05, 0) is 37.1 Å². The first kappa shape index (κ1) is 21.3. The number of nitrogens with zero attached hydrogens (tertiary/aromatic N) is 5. The van der Waals surface area contributed by atoms with Crippen LogP contribution in [0.2, 0.25) is 5.02 Å². The molecule has 0 bridgehead atoms. The van der Waals surface area contributed by atoms with E-state index in [1.54, 1.807) is 23.9 Å². The summed E-state index contributed by atoms with van der Waals surface area (Å²) >= 11 is 7.54. The number of benzene rings is 1.